The predicted octanol–water partition coefficient (Wildman–Crippen LogP) is 3.48. The van der Waals surface area contributed by atoms with E-state index < -0.39 is 5.92 Å². The average Bonchev–Trinajstić information content (AvgIpc) is 3.10. The predicted molar refractivity (Wildman–Crippen MR) is 107 cm³/mol. The van der Waals surface area contributed by atoms with E-state index in [0.29, 0.717) is 5.69 Å². The molecule has 28 heavy (non-hydrogen) atoms. The van der Waals surface area contributed by atoms with Crippen LogP contribution >= 0.6 is 0 Å². The summed E-state index contributed by atoms with van der Waals surface area (Å²) in [6, 6.07) is 19.5. The van der Waals surface area contributed by atoms with E-state index in [1.54, 1.807) is 6.21 Å². The number of amides is 2. The summed E-state index contributed by atoms with van der Waals surface area (Å²) in [5.41, 5.74) is 4.01. The van der Waals surface area contributed by atoms with Gasteiger partial charge in [0.1, 0.15) is 5.82 Å². The standard InChI is InChI=1S/C22H18FN3O2/c23-18-8-10-19(11-9-18)26-14-17(12-21(26)27)22(28)25-24-13-16-6-3-5-15-4-1-2-7-20(15)16/h1-11,13,17H,12,14H2,(H,25,28)/b24-13-/t17-/m1/s1. The SMILES string of the molecule is O=C(N/N=C\c1cccc2ccccc12)[C@@H]1CC(=O)N(c2ccc(F)cc2)C1. The molecule has 1 N–H and O–H groups in total. The van der Waals surface area contributed by atoms with Gasteiger partial charge < -0.3 is 4.90 Å². The Kier molecular flexibility index (Phi) is 4.85. The van der Waals surface area contributed by atoms with Crippen molar-refractivity contribution in [2.45, 2.75) is 6.42 Å². The number of hydrogen-bond donors (Lipinski definition) is 1. The molecule has 1 aliphatic rings. The number of carbonyl (C=O) groups excluding carboxylic acids is 2. The summed E-state index contributed by atoms with van der Waals surface area (Å²) in [5, 5.41) is 6.20. The van der Waals surface area contributed by atoms with Crippen LogP contribution in [0, 0.1) is 11.7 Å². The lowest BCUT2D eigenvalue weighted by molar-refractivity contribution is -0.126. The molecule has 6 heteroatoms. The number of fused-ring (bicyclic) bond motifs is 1. The van der Waals surface area contributed by atoms with Gasteiger partial charge in [-0.2, -0.15) is 5.10 Å². The van der Waals surface area contributed by atoms with Crippen LogP contribution < -0.4 is 10.3 Å². The lowest BCUT2D eigenvalue weighted by Crippen LogP contribution is -2.30. The van der Waals surface area contributed by atoms with Gasteiger partial charge in [-0.1, -0.05) is 42.5 Å². The van der Waals surface area contributed by atoms with E-state index in [1.807, 2.05) is 42.5 Å². The van der Waals surface area contributed by atoms with E-state index in [9.17, 15) is 14.0 Å². The Morgan fingerprint density at radius 2 is 1.82 bits per heavy atom. The highest BCUT2D eigenvalue weighted by Crippen LogP contribution is 2.25. The van der Waals surface area contributed by atoms with Crippen LogP contribution in [0.5, 0.6) is 0 Å². The molecule has 1 atom stereocenters. The fraction of sp³-hybridized carbons (Fsp3) is 0.136. The Balaban J connectivity index is 1.42. The van der Waals surface area contributed by atoms with Crippen molar-refractivity contribution in [3.63, 3.8) is 0 Å². The van der Waals surface area contributed by atoms with Crippen molar-refractivity contribution in [3.05, 3.63) is 78.1 Å². The summed E-state index contributed by atoms with van der Waals surface area (Å²) in [6.07, 6.45) is 1.71. The number of anilines is 1. The molecule has 2 amide bonds. The van der Waals surface area contributed by atoms with Crippen molar-refractivity contribution in [1.82, 2.24) is 5.43 Å². The number of benzene rings is 3. The van der Waals surface area contributed by atoms with Gasteiger partial charge in [0.2, 0.25) is 11.8 Å². The van der Waals surface area contributed by atoms with Crippen molar-refractivity contribution in [1.29, 1.82) is 0 Å². The average molecular weight is 375 g/mol. The third-order valence-corrected chi connectivity index (χ3v) is 4.84. The van der Waals surface area contributed by atoms with Crippen LogP contribution in [0.3, 0.4) is 0 Å². The second-order valence-electron chi connectivity index (χ2n) is 6.68. The number of halogens is 1. The van der Waals surface area contributed by atoms with E-state index in [-0.39, 0.29) is 30.6 Å². The summed E-state index contributed by atoms with van der Waals surface area (Å²) < 4.78 is 13.1. The van der Waals surface area contributed by atoms with E-state index in [0.717, 1.165) is 16.3 Å². The first kappa shape index (κ1) is 17.9. The maximum atomic E-state index is 13.1. The van der Waals surface area contributed by atoms with E-state index in [1.165, 1.54) is 29.2 Å². The molecule has 0 aromatic heterocycles. The van der Waals surface area contributed by atoms with Crippen LogP contribution in [0.1, 0.15) is 12.0 Å². The maximum Gasteiger partial charge on any atom is 0.245 e. The first-order valence-electron chi connectivity index (χ1n) is 8.98. The lowest BCUT2D eigenvalue weighted by atomic mass is 10.1. The summed E-state index contributed by atoms with van der Waals surface area (Å²) >= 11 is 0. The minimum Gasteiger partial charge on any atom is -0.312 e. The van der Waals surface area contributed by atoms with Gasteiger partial charge in [-0.3, -0.25) is 9.59 Å². The Morgan fingerprint density at radius 1 is 1.07 bits per heavy atom. The summed E-state index contributed by atoms with van der Waals surface area (Å²) in [6.45, 7) is 0.250. The van der Waals surface area contributed by atoms with Gasteiger partial charge in [-0.25, -0.2) is 9.82 Å². The molecule has 140 valence electrons. The van der Waals surface area contributed by atoms with Gasteiger partial charge in [0.25, 0.3) is 0 Å². The normalized spacial score (nSPS) is 16.8. The zero-order valence-corrected chi connectivity index (χ0v) is 15.0. The molecule has 3 aromatic carbocycles. The molecule has 0 saturated carbocycles. The van der Waals surface area contributed by atoms with Crippen LogP contribution in [-0.2, 0) is 9.59 Å². The van der Waals surface area contributed by atoms with Gasteiger partial charge in [-0.15, -0.1) is 0 Å². The Labute approximate surface area is 161 Å². The van der Waals surface area contributed by atoms with E-state index in [2.05, 4.69) is 10.5 Å². The monoisotopic (exact) mass is 375 g/mol. The molecule has 4 rings (SSSR count). The van der Waals surface area contributed by atoms with Crippen LogP contribution in [0.2, 0.25) is 0 Å². The third kappa shape index (κ3) is 3.62. The molecule has 0 aliphatic carbocycles. The van der Waals surface area contributed by atoms with Gasteiger partial charge in [-0.05, 0) is 35.0 Å². The Hall–Kier alpha value is -3.54. The third-order valence-electron chi connectivity index (χ3n) is 4.84. The van der Waals surface area contributed by atoms with E-state index in [4.69, 9.17) is 0 Å². The highest BCUT2D eigenvalue weighted by atomic mass is 19.1. The van der Waals surface area contributed by atoms with Crippen molar-refractivity contribution in [2.75, 3.05) is 11.4 Å². The lowest BCUT2D eigenvalue weighted by Gasteiger charge is -2.16. The Morgan fingerprint density at radius 3 is 2.64 bits per heavy atom. The first-order chi connectivity index (χ1) is 13.6. The van der Waals surface area contributed by atoms with Crippen LogP contribution in [-0.4, -0.2) is 24.6 Å². The number of nitrogens with zero attached hydrogens (tertiary/aromatic N) is 2. The summed E-state index contributed by atoms with van der Waals surface area (Å²) in [4.78, 5) is 26.1. The second kappa shape index (κ2) is 7.60. The molecule has 1 aliphatic heterocycles. The van der Waals surface area contributed by atoms with Crippen molar-refractivity contribution >= 4 is 34.5 Å². The van der Waals surface area contributed by atoms with Crippen molar-refractivity contribution in [2.24, 2.45) is 11.0 Å². The number of carbonyl (C=O) groups is 2. The second-order valence-corrected chi connectivity index (χ2v) is 6.68. The fourth-order valence-electron chi connectivity index (χ4n) is 3.37. The zero-order valence-electron chi connectivity index (χ0n) is 15.0. The maximum absolute atomic E-state index is 13.1. The quantitative estimate of drug-likeness (QED) is 0.561. The minimum atomic E-state index is -0.498. The highest BCUT2D eigenvalue weighted by Gasteiger charge is 2.35. The molecule has 3 aromatic rings. The van der Waals surface area contributed by atoms with Gasteiger partial charge in [0.05, 0.1) is 12.1 Å². The molecular formula is C22H18FN3O2. The van der Waals surface area contributed by atoms with Gasteiger partial charge in [0, 0.05) is 24.2 Å². The fourth-order valence-corrected chi connectivity index (χ4v) is 3.37. The number of hydrogen-bond acceptors (Lipinski definition) is 3. The topological polar surface area (TPSA) is 61.8 Å². The molecule has 1 saturated heterocycles. The Bertz CT molecular complexity index is 1060. The number of nitrogens with one attached hydrogen (secondary N) is 1. The molecule has 1 heterocycles. The van der Waals surface area contributed by atoms with Gasteiger partial charge >= 0.3 is 0 Å². The summed E-state index contributed by atoms with van der Waals surface area (Å²) in [5.74, 6) is -1.34. The van der Waals surface area contributed by atoms with Crippen LogP contribution in [0.4, 0.5) is 10.1 Å². The molecular weight excluding hydrogens is 357 g/mol. The molecule has 0 spiro atoms. The molecule has 1 fully saturated rings. The van der Waals surface area contributed by atoms with E-state index >= 15 is 0 Å². The molecule has 0 unspecified atom stereocenters. The largest absolute Gasteiger partial charge is 0.312 e. The molecule has 5 nitrogen and oxygen atoms in total. The molecule has 0 bridgehead atoms. The minimum absolute atomic E-state index is 0.104. The number of hydrazone groups is 1. The van der Waals surface area contributed by atoms with Crippen molar-refractivity contribution in [3.8, 4) is 0 Å². The highest BCUT2D eigenvalue weighted by molar-refractivity contribution is 6.01. The summed E-state index contributed by atoms with van der Waals surface area (Å²) in [7, 11) is 0. The first-order valence-corrected chi connectivity index (χ1v) is 8.98. The van der Waals surface area contributed by atoms with Crippen LogP contribution in [0.25, 0.3) is 10.8 Å². The van der Waals surface area contributed by atoms with Crippen LogP contribution in [0.15, 0.2) is 71.8 Å². The molecule has 0 radical (unpaired) electrons. The number of rotatable bonds is 4. The van der Waals surface area contributed by atoms with Gasteiger partial charge in [0.15, 0.2) is 0 Å². The van der Waals surface area contributed by atoms with Crippen molar-refractivity contribution < 1.29 is 14.0 Å². The zero-order chi connectivity index (χ0) is 19.5. The smallest absolute Gasteiger partial charge is 0.245 e.